The molecule has 1 heterocycles. The smallest absolute Gasteiger partial charge is 0.337 e. The molecule has 0 atom stereocenters. The number of nitrogens with zero attached hydrogens (tertiary/aromatic N) is 2. The number of unbranched alkanes of at least 4 members (excludes halogenated alkanes) is 3. The van der Waals surface area contributed by atoms with Gasteiger partial charge < -0.3 is 19.2 Å². The van der Waals surface area contributed by atoms with Crippen LogP contribution in [-0.2, 0) is 11.4 Å². The summed E-state index contributed by atoms with van der Waals surface area (Å²) >= 11 is 0. The van der Waals surface area contributed by atoms with E-state index in [1.807, 2.05) is 60.0 Å². The van der Waals surface area contributed by atoms with Gasteiger partial charge in [-0.15, -0.1) is 0 Å². The monoisotopic (exact) mass is 436 g/mol. The first kappa shape index (κ1) is 23.4. The fourth-order valence-corrected chi connectivity index (χ4v) is 3.58. The van der Waals surface area contributed by atoms with Crippen molar-refractivity contribution in [1.29, 1.82) is 0 Å². The van der Waals surface area contributed by atoms with Crippen LogP contribution in [0.4, 0.5) is 0 Å². The normalized spacial score (nSPS) is 11.6. The first-order valence-corrected chi connectivity index (χ1v) is 11.4. The van der Waals surface area contributed by atoms with Crippen LogP contribution in [0.25, 0.3) is 10.9 Å². The maximum atomic E-state index is 11.7. The Balaban J connectivity index is 1.85. The van der Waals surface area contributed by atoms with Crippen LogP contribution in [0.1, 0.15) is 61.9 Å². The van der Waals surface area contributed by atoms with Crippen LogP contribution < -0.4 is 4.74 Å². The highest BCUT2D eigenvalue weighted by Gasteiger charge is 2.16. The molecular formula is C26H32N2O4. The topological polar surface area (TPSA) is 73.0 Å². The highest BCUT2D eigenvalue weighted by Crippen LogP contribution is 2.23. The average molecular weight is 437 g/mol. The molecule has 6 nitrogen and oxygen atoms in total. The van der Waals surface area contributed by atoms with E-state index in [1.54, 1.807) is 6.20 Å². The summed E-state index contributed by atoms with van der Waals surface area (Å²) in [4.78, 5) is 17.2. The van der Waals surface area contributed by atoms with Crippen LogP contribution in [0.2, 0.25) is 0 Å². The maximum absolute atomic E-state index is 11.7. The van der Waals surface area contributed by atoms with Crippen molar-refractivity contribution in [2.75, 3.05) is 13.2 Å². The Morgan fingerprint density at radius 3 is 2.62 bits per heavy atom. The summed E-state index contributed by atoms with van der Waals surface area (Å²) in [5.41, 5.74) is 2.73. The maximum Gasteiger partial charge on any atom is 0.337 e. The average Bonchev–Trinajstić information content (AvgIpc) is 3.17. The molecule has 3 aromatic rings. The van der Waals surface area contributed by atoms with E-state index in [2.05, 4.69) is 12.1 Å². The minimum atomic E-state index is -0.945. The van der Waals surface area contributed by atoms with Crippen molar-refractivity contribution in [2.45, 2.75) is 52.5 Å². The number of hydrogen-bond donors (Lipinski definition) is 1. The van der Waals surface area contributed by atoms with E-state index in [0.717, 1.165) is 29.7 Å². The number of rotatable bonds is 13. The molecule has 1 aromatic heterocycles. The number of hydrogen-bond acceptors (Lipinski definition) is 4. The fraction of sp³-hybridized carbons (Fsp3) is 0.385. The third kappa shape index (κ3) is 6.13. The Bertz CT molecular complexity index is 1050. The second-order valence-corrected chi connectivity index (χ2v) is 7.80. The quantitative estimate of drug-likeness (QED) is 0.199. The van der Waals surface area contributed by atoms with Gasteiger partial charge in [0.15, 0.2) is 0 Å². The van der Waals surface area contributed by atoms with E-state index in [0.29, 0.717) is 30.9 Å². The number of aromatic carboxylic acids is 1. The third-order valence-electron chi connectivity index (χ3n) is 5.24. The lowest BCUT2D eigenvalue weighted by atomic mass is 10.1. The van der Waals surface area contributed by atoms with Gasteiger partial charge in [0.2, 0.25) is 0 Å². The van der Waals surface area contributed by atoms with Gasteiger partial charge in [-0.25, -0.2) is 4.79 Å². The Kier molecular flexibility index (Phi) is 8.72. The molecule has 0 radical (unpaired) electrons. The number of aromatic nitrogens is 1. The van der Waals surface area contributed by atoms with Crippen molar-refractivity contribution in [2.24, 2.45) is 5.16 Å². The van der Waals surface area contributed by atoms with Crippen LogP contribution in [0, 0.1) is 0 Å². The molecule has 0 spiro atoms. The van der Waals surface area contributed by atoms with Crippen molar-refractivity contribution in [3.05, 3.63) is 65.9 Å². The minimum absolute atomic E-state index is 0.276. The van der Waals surface area contributed by atoms with Crippen molar-refractivity contribution >= 4 is 22.6 Å². The van der Waals surface area contributed by atoms with E-state index in [9.17, 15) is 9.90 Å². The SMILES string of the molecule is CCCCCCOc1cccc(C(Cn2cc(C(=O)O)c3ccccc32)=NOCCC)c1. The molecule has 0 saturated carbocycles. The number of para-hydroxylation sites is 1. The zero-order valence-corrected chi connectivity index (χ0v) is 18.9. The number of ether oxygens (including phenoxy) is 1. The molecule has 32 heavy (non-hydrogen) atoms. The second kappa shape index (κ2) is 11.9. The van der Waals surface area contributed by atoms with Crippen LogP contribution >= 0.6 is 0 Å². The van der Waals surface area contributed by atoms with E-state index >= 15 is 0 Å². The molecule has 0 amide bonds. The lowest BCUT2D eigenvalue weighted by Crippen LogP contribution is -2.12. The van der Waals surface area contributed by atoms with Gasteiger partial charge in [0.25, 0.3) is 0 Å². The molecule has 3 rings (SSSR count). The van der Waals surface area contributed by atoms with Crippen molar-refractivity contribution < 1.29 is 19.5 Å². The molecule has 0 aliphatic rings. The number of carboxylic acids is 1. The van der Waals surface area contributed by atoms with Gasteiger partial charge in [0, 0.05) is 22.7 Å². The van der Waals surface area contributed by atoms with Crippen LogP contribution in [-0.4, -0.2) is 34.6 Å². The summed E-state index contributed by atoms with van der Waals surface area (Å²) in [6, 6.07) is 15.3. The van der Waals surface area contributed by atoms with Crippen molar-refractivity contribution in [1.82, 2.24) is 4.57 Å². The number of oxime groups is 1. The van der Waals surface area contributed by atoms with E-state index in [4.69, 9.17) is 9.57 Å². The lowest BCUT2D eigenvalue weighted by Gasteiger charge is -2.12. The summed E-state index contributed by atoms with van der Waals surface area (Å²) in [5, 5.41) is 14.7. The van der Waals surface area contributed by atoms with Gasteiger partial charge in [0.1, 0.15) is 18.1 Å². The zero-order chi connectivity index (χ0) is 22.8. The Hall–Kier alpha value is -3.28. The zero-order valence-electron chi connectivity index (χ0n) is 18.9. The fourth-order valence-electron chi connectivity index (χ4n) is 3.58. The number of carbonyl (C=O) groups is 1. The Morgan fingerprint density at radius 2 is 1.84 bits per heavy atom. The predicted molar refractivity (Wildman–Crippen MR) is 128 cm³/mol. The lowest BCUT2D eigenvalue weighted by molar-refractivity contribution is 0.0699. The van der Waals surface area contributed by atoms with E-state index in [-0.39, 0.29) is 5.56 Å². The van der Waals surface area contributed by atoms with Gasteiger partial charge >= 0.3 is 5.97 Å². The molecule has 0 aliphatic heterocycles. The predicted octanol–water partition coefficient (Wildman–Crippen LogP) is 6.13. The number of benzene rings is 2. The summed E-state index contributed by atoms with van der Waals surface area (Å²) < 4.78 is 7.85. The second-order valence-electron chi connectivity index (χ2n) is 7.80. The van der Waals surface area contributed by atoms with Gasteiger partial charge in [-0.05, 0) is 31.0 Å². The summed E-state index contributed by atoms with van der Waals surface area (Å²) in [6.45, 7) is 5.81. The van der Waals surface area contributed by atoms with Gasteiger partial charge in [0.05, 0.1) is 18.7 Å². The van der Waals surface area contributed by atoms with Crippen molar-refractivity contribution in [3.63, 3.8) is 0 Å². The highest BCUT2D eigenvalue weighted by molar-refractivity contribution is 6.05. The minimum Gasteiger partial charge on any atom is -0.494 e. The molecule has 2 aromatic carbocycles. The van der Waals surface area contributed by atoms with Gasteiger partial charge in [-0.3, -0.25) is 0 Å². The largest absolute Gasteiger partial charge is 0.494 e. The molecule has 6 heteroatoms. The highest BCUT2D eigenvalue weighted by atomic mass is 16.6. The van der Waals surface area contributed by atoms with Crippen molar-refractivity contribution in [3.8, 4) is 5.75 Å². The Morgan fingerprint density at radius 1 is 1.00 bits per heavy atom. The molecule has 0 unspecified atom stereocenters. The van der Waals surface area contributed by atoms with E-state index < -0.39 is 5.97 Å². The van der Waals surface area contributed by atoms with Crippen LogP contribution in [0.15, 0.2) is 59.9 Å². The Labute approximate surface area is 189 Å². The first-order valence-electron chi connectivity index (χ1n) is 11.4. The van der Waals surface area contributed by atoms with E-state index in [1.165, 1.54) is 19.3 Å². The molecule has 170 valence electrons. The summed E-state index contributed by atoms with van der Waals surface area (Å²) in [6.07, 6.45) is 7.14. The number of fused-ring (bicyclic) bond motifs is 1. The van der Waals surface area contributed by atoms with Crippen LogP contribution in [0.5, 0.6) is 5.75 Å². The molecule has 1 N–H and O–H groups in total. The molecule has 0 saturated heterocycles. The molecule has 0 aliphatic carbocycles. The first-order chi connectivity index (χ1) is 15.6. The standard InChI is InChI=1S/C26H32N2O4/c1-3-5-6-9-16-31-21-12-10-11-20(17-21)24(27-32-15-4-2)19-28-18-23(26(29)30)22-13-7-8-14-25(22)28/h7-8,10-14,17-18H,3-6,9,15-16,19H2,1-2H3,(H,29,30). The van der Waals surface area contributed by atoms with Gasteiger partial charge in [-0.2, -0.15) is 0 Å². The third-order valence-corrected chi connectivity index (χ3v) is 5.24. The number of carboxylic acid groups (broad SMARTS) is 1. The van der Waals surface area contributed by atoms with Gasteiger partial charge in [-0.1, -0.05) is 68.6 Å². The van der Waals surface area contributed by atoms with Crippen LogP contribution in [0.3, 0.4) is 0 Å². The summed E-state index contributed by atoms with van der Waals surface area (Å²) in [5.74, 6) is -0.148. The summed E-state index contributed by atoms with van der Waals surface area (Å²) in [7, 11) is 0. The molecular weight excluding hydrogens is 404 g/mol. The molecule has 0 bridgehead atoms. The molecule has 0 fully saturated rings.